The van der Waals surface area contributed by atoms with Crippen molar-refractivity contribution in [2.24, 2.45) is 16.6 Å². The summed E-state index contributed by atoms with van der Waals surface area (Å²) in [5, 5.41) is 6.58. The Bertz CT molecular complexity index is 781. The summed E-state index contributed by atoms with van der Waals surface area (Å²) in [4.78, 5) is 15.1. The Morgan fingerprint density at radius 1 is 1.10 bits per heavy atom. The molecule has 0 spiro atoms. The molecule has 0 saturated heterocycles. The van der Waals surface area contributed by atoms with Crippen molar-refractivity contribution in [2.75, 3.05) is 26.8 Å². The Labute approximate surface area is 172 Å². The number of benzene rings is 2. The number of carbonyl (C=O) groups excluding carboxylic acids is 1. The van der Waals surface area contributed by atoms with Crippen LogP contribution in [0.1, 0.15) is 18.1 Å². The van der Waals surface area contributed by atoms with E-state index in [4.69, 9.17) is 15.2 Å². The number of nitrogens with one attached hydrogen (secondary N) is 2. The maximum atomic E-state index is 10.8. The smallest absolute Gasteiger partial charge is 0.255 e. The van der Waals surface area contributed by atoms with E-state index in [9.17, 15) is 4.79 Å². The van der Waals surface area contributed by atoms with Gasteiger partial charge in [0.25, 0.3) is 5.91 Å². The highest BCUT2D eigenvalue weighted by molar-refractivity contribution is 5.79. The van der Waals surface area contributed by atoms with Crippen molar-refractivity contribution in [3.63, 3.8) is 0 Å². The van der Waals surface area contributed by atoms with Crippen molar-refractivity contribution in [1.82, 2.24) is 10.6 Å². The quantitative estimate of drug-likeness (QED) is 0.398. The topological polar surface area (TPSA) is 98.0 Å². The third-order valence-electron chi connectivity index (χ3n) is 4.09. The first-order chi connectivity index (χ1) is 14.1. The number of hydrogen-bond donors (Lipinski definition) is 3. The first kappa shape index (κ1) is 22.2. The van der Waals surface area contributed by atoms with Crippen LogP contribution >= 0.6 is 0 Å². The van der Waals surface area contributed by atoms with Crippen molar-refractivity contribution in [3.05, 3.63) is 65.7 Å². The predicted molar refractivity (Wildman–Crippen MR) is 115 cm³/mol. The SMILES string of the molecule is CN=C(NCc1cccc(OCC(N)=O)c1)NCC(C)COCc1ccccc1. The lowest BCUT2D eigenvalue weighted by Gasteiger charge is -2.16. The number of nitrogens with zero attached hydrogens (tertiary/aromatic N) is 1. The lowest BCUT2D eigenvalue weighted by Crippen LogP contribution is -2.39. The highest BCUT2D eigenvalue weighted by Gasteiger charge is 2.06. The van der Waals surface area contributed by atoms with Crippen LogP contribution in [0.3, 0.4) is 0 Å². The van der Waals surface area contributed by atoms with E-state index in [0.717, 1.165) is 12.1 Å². The van der Waals surface area contributed by atoms with Gasteiger partial charge in [0.1, 0.15) is 5.75 Å². The van der Waals surface area contributed by atoms with Gasteiger partial charge in [-0.05, 0) is 29.2 Å². The maximum absolute atomic E-state index is 10.8. The molecule has 2 aromatic rings. The number of rotatable bonds is 11. The number of amides is 1. The molecule has 0 bridgehead atoms. The first-order valence-electron chi connectivity index (χ1n) is 9.63. The monoisotopic (exact) mass is 398 g/mol. The van der Waals surface area contributed by atoms with Crippen LogP contribution in [-0.4, -0.2) is 38.7 Å². The average Bonchev–Trinajstić information content (AvgIpc) is 2.73. The van der Waals surface area contributed by atoms with E-state index in [2.05, 4.69) is 34.7 Å². The van der Waals surface area contributed by atoms with Gasteiger partial charge < -0.3 is 25.8 Å². The fourth-order valence-electron chi connectivity index (χ4n) is 2.59. The van der Waals surface area contributed by atoms with Crippen LogP contribution in [0, 0.1) is 5.92 Å². The molecule has 0 aromatic heterocycles. The van der Waals surface area contributed by atoms with Gasteiger partial charge in [-0.1, -0.05) is 49.4 Å². The summed E-state index contributed by atoms with van der Waals surface area (Å²) in [6.45, 7) is 4.60. The Kier molecular flexibility index (Phi) is 9.51. The van der Waals surface area contributed by atoms with Gasteiger partial charge in [0.05, 0.1) is 13.2 Å². The average molecular weight is 399 g/mol. The van der Waals surface area contributed by atoms with Crippen LogP contribution in [0.15, 0.2) is 59.6 Å². The molecule has 0 aliphatic heterocycles. The number of ether oxygens (including phenoxy) is 2. The number of primary amides is 1. The number of aliphatic imine (C=N–C) groups is 1. The summed E-state index contributed by atoms with van der Waals surface area (Å²) < 4.78 is 11.1. The third-order valence-corrected chi connectivity index (χ3v) is 4.09. The minimum Gasteiger partial charge on any atom is -0.484 e. The molecule has 1 amide bonds. The van der Waals surface area contributed by atoms with E-state index >= 15 is 0 Å². The zero-order chi connectivity index (χ0) is 20.9. The number of nitrogens with two attached hydrogens (primary N) is 1. The van der Waals surface area contributed by atoms with Gasteiger partial charge in [0, 0.05) is 20.1 Å². The Morgan fingerprint density at radius 3 is 2.59 bits per heavy atom. The van der Waals surface area contributed by atoms with Gasteiger partial charge in [0.15, 0.2) is 12.6 Å². The molecule has 0 saturated carbocycles. The summed E-state index contributed by atoms with van der Waals surface area (Å²) in [5.41, 5.74) is 7.29. The second-order valence-corrected chi connectivity index (χ2v) is 6.81. The van der Waals surface area contributed by atoms with Crippen LogP contribution in [0.25, 0.3) is 0 Å². The summed E-state index contributed by atoms with van der Waals surface area (Å²) in [6, 6.07) is 17.6. The predicted octanol–water partition coefficient (Wildman–Crippen LogP) is 2.07. The molecule has 0 heterocycles. The lowest BCUT2D eigenvalue weighted by atomic mass is 10.2. The van der Waals surface area contributed by atoms with Crippen molar-refractivity contribution in [2.45, 2.75) is 20.1 Å². The molecule has 0 aliphatic rings. The largest absolute Gasteiger partial charge is 0.484 e. The van der Waals surface area contributed by atoms with Crippen LogP contribution < -0.4 is 21.1 Å². The molecule has 156 valence electrons. The van der Waals surface area contributed by atoms with Crippen molar-refractivity contribution in [3.8, 4) is 5.75 Å². The summed E-state index contributed by atoms with van der Waals surface area (Å²) >= 11 is 0. The highest BCUT2D eigenvalue weighted by atomic mass is 16.5. The number of hydrogen-bond acceptors (Lipinski definition) is 4. The molecule has 1 atom stereocenters. The van der Waals surface area contributed by atoms with E-state index in [1.54, 1.807) is 13.1 Å². The molecule has 0 radical (unpaired) electrons. The fourth-order valence-corrected chi connectivity index (χ4v) is 2.59. The third kappa shape index (κ3) is 9.12. The van der Waals surface area contributed by atoms with Gasteiger partial charge in [-0.25, -0.2) is 0 Å². The van der Waals surface area contributed by atoms with Gasteiger partial charge >= 0.3 is 0 Å². The Balaban J connectivity index is 1.69. The molecule has 29 heavy (non-hydrogen) atoms. The zero-order valence-electron chi connectivity index (χ0n) is 17.1. The van der Waals surface area contributed by atoms with E-state index in [1.165, 1.54) is 5.56 Å². The van der Waals surface area contributed by atoms with E-state index < -0.39 is 5.91 Å². The zero-order valence-corrected chi connectivity index (χ0v) is 17.1. The first-order valence-corrected chi connectivity index (χ1v) is 9.63. The Morgan fingerprint density at radius 2 is 1.86 bits per heavy atom. The normalized spacial score (nSPS) is 12.3. The molecular formula is C22H30N4O3. The van der Waals surface area contributed by atoms with Crippen molar-refractivity contribution < 1.29 is 14.3 Å². The molecule has 4 N–H and O–H groups in total. The van der Waals surface area contributed by atoms with Gasteiger partial charge in [0.2, 0.25) is 0 Å². The van der Waals surface area contributed by atoms with Gasteiger partial charge in [-0.3, -0.25) is 9.79 Å². The maximum Gasteiger partial charge on any atom is 0.255 e. The van der Waals surface area contributed by atoms with Gasteiger partial charge in [-0.15, -0.1) is 0 Å². The molecular weight excluding hydrogens is 368 g/mol. The molecule has 7 heteroatoms. The summed E-state index contributed by atoms with van der Waals surface area (Å²) in [5.74, 6) is 1.15. The minimum atomic E-state index is -0.500. The molecule has 1 unspecified atom stereocenters. The lowest BCUT2D eigenvalue weighted by molar-refractivity contribution is -0.119. The van der Waals surface area contributed by atoms with E-state index in [1.807, 2.05) is 36.4 Å². The summed E-state index contributed by atoms with van der Waals surface area (Å²) in [7, 11) is 1.73. The molecule has 0 aliphatic carbocycles. The van der Waals surface area contributed by atoms with Crippen LogP contribution in [0.4, 0.5) is 0 Å². The van der Waals surface area contributed by atoms with Crippen LogP contribution in [0.2, 0.25) is 0 Å². The second kappa shape index (κ2) is 12.4. The van der Waals surface area contributed by atoms with E-state index in [-0.39, 0.29) is 6.61 Å². The number of carbonyl (C=O) groups is 1. The number of guanidine groups is 1. The molecule has 0 fully saturated rings. The summed E-state index contributed by atoms with van der Waals surface area (Å²) in [6.07, 6.45) is 0. The van der Waals surface area contributed by atoms with Crippen molar-refractivity contribution >= 4 is 11.9 Å². The minimum absolute atomic E-state index is 0.135. The standard InChI is InChI=1S/C22H30N4O3/c1-17(14-28-15-18-7-4-3-5-8-18)12-25-22(24-2)26-13-19-9-6-10-20(11-19)29-16-21(23)27/h3-11,17H,12-16H2,1-2H3,(H2,23,27)(H2,24,25,26). The van der Waals surface area contributed by atoms with Crippen LogP contribution in [0.5, 0.6) is 5.75 Å². The molecule has 7 nitrogen and oxygen atoms in total. The molecule has 2 rings (SSSR count). The van der Waals surface area contributed by atoms with E-state index in [0.29, 0.717) is 37.4 Å². The van der Waals surface area contributed by atoms with Crippen molar-refractivity contribution in [1.29, 1.82) is 0 Å². The van der Waals surface area contributed by atoms with Crippen LogP contribution in [-0.2, 0) is 22.7 Å². The van der Waals surface area contributed by atoms with Gasteiger partial charge in [-0.2, -0.15) is 0 Å². The fraction of sp³-hybridized carbons (Fsp3) is 0.364. The Hall–Kier alpha value is -3.06. The highest BCUT2D eigenvalue weighted by Crippen LogP contribution is 2.13. The molecule has 2 aromatic carbocycles. The second-order valence-electron chi connectivity index (χ2n) is 6.81.